The van der Waals surface area contributed by atoms with E-state index in [-0.39, 0.29) is 5.92 Å². The molecule has 1 aliphatic rings. The molecular weight excluding hydrogens is 327 g/mol. The van der Waals surface area contributed by atoms with Gasteiger partial charge in [0.25, 0.3) is 0 Å². The summed E-state index contributed by atoms with van der Waals surface area (Å²) < 4.78 is 1.15. The van der Waals surface area contributed by atoms with Crippen molar-refractivity contribution in [1.29, 1.82) is 0 Å². The van der Waals surface area contributed by atoms with Crippen LogP contribution in [0.1, 0.15) is 43.6 Å². The van der Waals surface area contributed by atoms with Gasteiger partial charge in [-0.1, -0.05) is 37.8 Å². The lowest BCUT2D eigenvalue weighted by Crippen LogP contribution is -2.15. The zero-order valence-electron chi connectivity index (χ0n) is 9.73. The van der Waals surface area contributed by atoms with Gasteiger partial charge >= 0.3 is 5.97 Å². The summed E-state index contributed by atoms with van der Waals surface area (Å²) in [6.07, 6.45) is 5.74. The summed E-state index contributed by atoms with van der Waals surface area (Å²) in [7, 11) is 0. The lowest BCUT2D eigenvalue weighted by molar-refractivity contribution is -0.139. The van der Waals surface area contributed by atoms with Gasteiger partial charge in [0.05, 0.1) is 5.92 Å². The molecule has 0 spiro atoms. The third kappa shape index (κ3) is 3.44. The van der Waals surface area contributed by atoms with Crippen molar-refractivity contribution in [2.75, 3.05) is 0 Å². The lowest BCUT2D eigenvalue weighted by atomic mass is 9.88. The largest absolute Gasteiger partial charge is 0.481 e. The molecule has 1 fully saturated rings. The molecule has 17 heavy (non-hydrogen) atoms. The highest BCUT2D eigenvalue weighted by Gasteiger charge is 2.26. The Kier molecular flexibility index (Phi) is 4.42. The molecule has 0 heterocycles. The fourth-order valence-electron chi connectivity index (χ4n) is 2.65. The van der Waals surface area contributed by atoms with E-state index in [9.17, 15) is 9.90 Å². The maximum atomic E-state index is 11.4. The third-order valence-corrected chi connectivity index (χ3v) is 4.33. The second kappa shape index (κ2) is 5.85. The SMILES string of the molecule is O=C(O)[C@H](CC1CCCC1)c1ccc(I)cc1. The Morgan fingerprint density at radius 1 is 1.29 bits per heavy atom. The number of halogens is 1. The van der Waals surface area contributed by atoms with E-state index in [1.807, 2.05) is 24.3 Å². The molecule has 2 nitrogen and oxygen atoms in total. The third-order valence-electron chi connectivity index (χ3n) is 3.61. The number of hydrogen-bond acceptors (Lipinski definition) is 1. The zero-order chi connectivity index (χ0) is 12.3. The molecule has 2 rings (SSSR count). The number of rotatable bonds is 4. The summed E-state index contributed by atoms with van der Waals surface area (Å²) in [4.78, 5) is 11.4. The Morgan fingerprint density at radius 3 is 2.41 bits per heavy atom. The molecule has 0 amide bonds. The van der Waals surface area contributed by atoms with Gasteiger partial charge in [-0.15, -0.1) is 0 Å². The smallest absolute Gasteiger partial charge is 0.310 e. The molecule has 0 aliphatic heterocycles. The number of aliphatic carboxylic acids is 1. The lowest BCUT2D eigenvalue weighted by Gasteiger charge is -2.17. The molecule has 1 aromatic carbocycles. The highest BCUT2D eigenvalue weighted by molar-refractivity contribution is 14.1. The van der Waals surface area contributed by atoms with Gasteiger partial charge in [0, 0.05) is 3.57 Å². The van der Waals surface area contributed by atoms with Crippen molar-refractivity contribution in [3.05, 3.63) is 33.4 Å². The van der Waals surface area contributed by atoms with E-state index in [2.05, 4.69) is 22.6 Å². The second-order valence-electron chi connectivity index (χ2n) is 4.83. The number of carboxylic acids is 1. The van der Waals surface area contributed by atoms with Gasteiger partial charge in [-0.25, -0.2) is 0 Å². The van der Waals surface area contributed by atoms with Gasteiger partial charge in [-0.3, -0.25) is 4.79 Å². The Labute approximate surface area is 116 Å². The molecule has 1 aromatic rings. The van der Waals surface area contributed by atoms with E-state index in [0.717, 1.165) is 15.6 Å². The standard InChI is InChI=1S/C14H17IO2/c15-12-7-5-11(6-8-12)13(14(16)17)9-10-3-1-2-4-10/h5-8,10,13H,1-4,9H2,(H,16,17)/t13-/m1/s1. The molecule has 0 bridgehead atoms. The van der Waals surface area contributed by atoms with Crippen molar-refractivity contribution >= 4 is 28.6 Å². The molecule has 0 radical (unpaired) electrons. The summed E-state index contributed by atoms with van der Waals surface area (Å²) in [5.41, 5.74) is 0.949. The minimum atomic E-state index is -0.682. The van der Waals surface area contributed by atoms with Crippen molar-refractivity contribution in [3.63, 3.8) is 0 Å². The summed E-state index contributed by atoms with van der Waals surface area (Å²) in [5.74, 6) is -0.399. The van der Waals surface area contributed by atoms with Gasteiger partial charge in [0.1, 0.15) is 0 Å². The highest BCUT2D eigenvalue weighted by Crippen LogP contribution is 2.34. The molecular formula is C14H17IO2. The molecule has 92 valence electrons. The van der Waals surface area contributed by atoms with Crippen LogP contribution < -0.4 is 0 Å². The quantitative estimate of drug-likeness (QED) is 0.837. The second-order valence-corrected chi connectivity index (χ2v) is 6.07. The summed E-state index contributed by atoms with van der Waals surface area (Å²) in [6, 6.07) is 7.88. The minimum Gasteiger partial charge on any atom is -0.481 e. The van der Waals surface area contributed by atoms with Crippen LogP contribution >= 0.6 is 22.6 Å². The van der Waals surface area contributed by atoms with E-state index in [4.69, 9.17) is 0 Å². The van der Waals surface area contributed by atoms with Crippen LogP contribution in [-0.2, 0) is 4.79 Å². The van der Waals surface area contributed by atoms with Crippen LogP contribution in [0.3, 0.4) is 0 Å². The minimum absolute atomic E-state index is 0.324. The van der Waals surface area contributed by atoms with Crippen LogP contribution in [0.15, 0.2) is 24.3 Å². The number of benzene rings is 1. The van der Waals surface area contributed by atoms with Gasteiger partial charge in [0.2, 0.25) is 0 Å². The van der Waals surface area contributed by atoms with Gasteiger partial charge in [-0.05, 0) is 52.6 Å². The average molecular weight is 344 g/mol. The van der Waals surface area contributed by atoms with Crippen LogP contribution in [0.25, 0.3) is 0 Å². The van der Waals surface area contributed by atoms with Crippen molar-refractivity contribution in [1.82, 2.24) is 0 Å². The van der Waals surface area contributed by atoms with Crippen LogP contribution in [0.4, 0.5) is 0 Å². The fourth-order valence-corrected chi connectivity index (χ4v) is 3.01. The van der Waals surface area contributed by atoms with E-state index in [0.29, 0.717) is 5.92 Å². The van der Waals surface area contributed by atoms with E-state index in [1.165, 1.54) is 25.7 Å². The molecule has 1 aliphatic carbocycles. The van der Waals surface area contributed by atoms with E-state index < -0.39 is 5.97 Å². The van der Waals surface area contributed by atoms with E-state index >= 15 is 0 Å². The van der Waals surface area contributed by atoms with Crippen molar-refractivity contribution in [2.24, 2.45) is 5.92 Å². The molecule has 0 unspecified atom stereocenters. The molecule has 1 atom stereocenters. The Morgan fingerprint density at radius 2 is 1.88 bits per heavy atom. The first-order chi connectivity index (χ1) is 8.16. The number of carboxylic acid groups (broad SMARTS) is 1. The monoisotopic (exact) mass is 344 g/mol. The Bertz CT molecular complexity index is 380. The maximum absolute atomic E-state index is 11.4. The van der Waals surface area contributed by atoms with Crippen LogP contribution in [0.2, 0.25) is 0 Å². The summed E-state index contributed by atoms with van der Waals surface area (Å²) >= 11 is 2.24. The van der Waals surface area contributed by atoms with Crippen LogP contribution in [-0.4, -0.2) is 11.1 Å². The summed E-state index contributed by atoms with van der Waals surface area (Å²) in [6.45, 7) is 0. The number of hydrogen-bond donors (Lipinski definition) is 1. The predicted molar refractivity (Wildman–Crippen MR) is 76.1 cm³/mol. The average Bonchev–Trinajstić information content (AvgIpc) is 2.80. The van der Waals surface area contributed by atoms with Crippen LogP contribution in [0.5, 0.6) is 0 Å². The van der Waals surface area contributed by atoms with Crippen molar-refractivity contribution in [3.8, 4) is 0 Å². The topological polar surface area (TPSA) is 37.3 Å². The normalized spacial score (nSPS) is 18.2. The first kappa shape index (κ1) is 12.9. The van der Waals surface area contributed by atoms with Gasteiger partial charge in [-0.2, -0.15) is 0 Å². The van der Waals surface area contributed by atoms with Gasteiger partial charge in [0.15, 0.2) is 0 Å². The Balaban J connectivity index is 2.10. The van der Waals surface area contributed by atoms with Crippen molar-refractivity contribution in [2.45, 2.75) is 38.0 Å². The fraction of sp³-hybridized carbons (Fsp3) is 0.500. The first-order valence-corrected chi connectivity index (χ1v) is 7.23. The van der Waals surface area contributed by atoms with Gasteiger partial charge < -0.3 is 5.11 Å². The molecule has 0 aromatic heterocycles. The molecule has 1 N–H and O–H groups in total. The zero-order valence-corrected chi connectivity index (χ0v) is 11.9. The van der Waals surface area contributed by atoms with Crippen LogP contribution in [0, 0.1) is 9.49 Å². The van der Waals surface area contributed by atoms with Crippen molar-refractivity contribution < 1.29 is 9.90 Å². The summed E-state index contributed by atoms with van der Waals surface area (Å²) in [5, 5.41) is 9.35. The number of carbonyl (C=O) groups is 1. The highest BCUT2D eigenvalue weighted by atomic mass is 127. The van der Waals surface area contributed by atoms with E-state index in [1.54, 1.807) is 0 Å². The first-order valence-electron chi connectivity index (χ1n) is 6.15. The molecule has 3 heteroatoms. The Hall–Kier alpha value is -0.580. The molecule has 0 saturated heterocycles. The maximum Gasteiger partial charge on any atom is 0.310 e. The molecule has 1 saturated carbocycles. The predicted octanol–water partition coefficient (Wildman–Crippen LogP) is 4.04.